The van der Waals surface area contributed by atoms with Crippen molar-refractivity contribution in [2.45, 2.75) is 20.3 Å². The average Bonchev–Trinajstić information content (AvgIpc) is 1.91. The lowest BCUT2D eigenvalue weighted by Gasteiger charge is -1.85. The molecule has 0 heterocycles. The quantitative estimate of drug-likeness (QED) is 0.320. The lowest BCUT2D eigenvalue weighted by molar-refractivity contribution is -0.105. The highest BCUT2D eigenvalue weighted by molar-refractivity contribution is 5.73. The van der Waals surface area contributed by atoms with Gasteiger partial charge >= 0.3 is 0 Å². The summed E-state index contributed by atoms with van der Waals surface area (Å²) < 4.78 is 0. The zero-order chi connectivity index (χ0) is 7.11. The predicted octanol–water partition coefficient (Wildman–Crippen LogP) is 2.10. The maximum Gasteiger partial charge on any atom is 0.146 e. The van der Waals surface area contributed by atoms with E-state index in [0.29, 0.717) is 0 Å². The molecule has 0 saturated heterocycles. The van der Waals surface area contributed by atoms with E-state index in [1.165, 1.54) is 0 Å². The van der Waals surface area contributed by atoms with Crippen LogP contribution in [-0.2, 0) is 4.79 Å². The maximum absolute atomic E-state index is 10.1. The van der Waals surface area contributed by atoms with Gasteiger partial charge in [-0.1, -0.05) is 25.2 Å². The van der Waals surface area contributed by atoms with Crippen molar-refractivity contribution in [2.24, 2.45) is 0 Å². The van der Waals surface area contributed by atoms with E-state index < -0.39 is 0 Å². The summed E-state index contributed by atoms with van der Waals surface area (Å²) in [4.78, 5) is 10.1. The first-order valence-electron chi connectivity index (χ1n) is 3.12. The molecule has 0 aromatic heterocycles. The Balaban J connectivity index is 3.90. The maximum atomic E-state index is 10.1. The molecule has 9 heavy (non-hydrogen) atoms. The van der Waals surface area contributed by atoms with Crippen molar-refractivity contribution in [1.29, 1.82) is 0 Å². The first-order valence-corrected chi connectivity index (χ1v) is 3.12. The van der Waals surface area contributed by atoms with Gasteiger partial charge in [0.25, 0.3) is 0 Å². The Morgan fingerprint density at radius 2 is 2.22 bits per heavy atom. The number of aldehydes is 1. The minimum absolute atomic E-state index is 0.813. The molecule has 0 aliphatic heterocycles. The second-order valence-electron chi connectivity index (χ2n) is 1.74. The van der Waals surface area contributed by atoms with E-state index in [4.69, 9.17) is 0 Å². The third-order valence-corrected chi connectivity index (χ3v) is 1.06. The van der Waals surface area contributed by atoms with E-state index in [0.717, 1.165) is 18.3 Å². The van der Waals surface area contributed by atoms with Crippen molar-refractivity contribution in [3.63, 3.8) is 0 Å². The number of hydrogen-bond donors (Lipinski definition) is 0. The zero-order valence-electron chi connectivity index (χ0n) is 5.92. The number of carbonyl (C=O) groups excluding carboxylic acids is 1. The van der Waals surface area contributed by atoms with Gasteiger partial charge in [0.1, 0.15) is 6.29 Å². The molecule has 0 N–H and O–H groups in total. The third-order valence-electron chi connectivity index (χ3n) is 1.06. The summed E-state index contributed by atoms with van der Waals surface area (Å²) in [5.41, 5.74) is 0.841. The van der Waals surface area contributed by atoms with Gasteiger partial charge in [0, 0.05) is 0 Å². The van der Waals surface area contributed by atoms with Crippen LogP contribution < -0.4 is 0 Å². The summed E-state index contributed by atoms with van der Waals surface area (Å²) in [5.74, 6) is 0. The summed E-state index contributed by atoms with van der Waals surface area (Å²) in [6.45, 7) is 3.89. The molecule has 50 valence electrons. The van der Waals surface area contributed by atoms with Gasteiger partial charge in [-0.2, -0.15) is 0 Å². The Morgan fingerprint density at radius 3 is 2.56 bits per heavy atom. The average molecular weight is 124 g/mol. The molecule has 0 spiro atoms. The highest BCUT2D eigenvalue weighted by Gasteiger charge is 1.84. The minimum Gasteiger partial charge on any atom is -0.298 e. The largest absolute Gasteiger partial charge is 0.298 e. The van der Waals surface area contributed by atoms with Crippen molar-refractivity contribution in [3.05, 3.63) is 23.8 Å². The molecule has 1 heteroatoms. The monoisotopic (exact) mass is 124 g/mol. The van der Waals surface area contributed by atoms with Crippen molar-refractivity contribution in [1.82, 2.24) is 0 Å². The molecular weight excluding hydrogens is 112 g/mol. The molecule has 0 amide bonds. The molecule has 0 radical (unpaired) electrons. The first-order chi connectivity index (χ1) is 4.35. The van der Waals surface area contributed by atoms with E-state index in [2.05, 4.69) is 0 Å². The van der Waals surface area contributed by atoms with Gasteiger partial charge in [-0.15, -0.1) is 0 Å². The summed E-state index contributed by atoms with van der Waals surface area (Å²) >= 11 is 0. The fraction of sp³-hybridized carbons (Fsp3) is 0.375. The van der Waals surface area contributed by atoms with Crippen LogP contribution in [0, 0.1) is 0 Å². The normalized spacial score (nSPS) is 12.4. The smallest absolute Gasteiger partial charge is 0.146 e. The highest BCUT2D eigenvalue weighted by Crippen LogP contribution is 1.94. The molecular formula is C8H12O. The van der Waals surface area contributed by atoms with Crippen LogP contribution in [0.25, 0.3) is 0 Å². The lowest BCUT2D eigenvalue weighted by atomic mass is 10.2. The molecule has 0 aromatic carbocycles. The molecule has 0 fully saturated rings. The van der Waals surface area contributed by atoms with Crippen molar-refractivity contribution in [3.8, 4) is 0 Å². The molecule has 0 aliphatic rings. The molecule has 0 atom stereocenters. The molecule has 0 aromatic rings. The fourth-order valence-electron chi connectivity index (χ4n) is 0.460. The first kappa shape index (κ1) is 8.15. The van der Waals surface area contributed by atoms with Crippen LogP contribution in [-0.4, -0.2) is 6.29 Å². The number of allylic oxidation sites excluding steroid dienone is 4. The van der Waals surface area contributed by atoms with E-state index in [1.807, 2.05) is 32.1 Å². The molecule has 1 nitrogen and oxygen atoms in total. The highest BCUT2D eigenvalue weighted by atomic mass is 16.1. The van der Waals surface area contributed by atoms with Crippen LogP contribution in [0.3, 0.4) is 0 Å². The van der Waals surface area contributed by atoms with E-state index in [-0.39, 0.29) is 0 Å². The number of rotatable bonds is 3. The van der Waals surface area contributed by atoms with Gasteiger partial charge in [-0.05, 0) is 18.9 Å². The predicted molar refractivity (Wildman–Crippen MR) is 39.3 cm³/mol. The van der Waals surface area contributed by atoms with Gasteiger partial charge in [0.15, 0.2) is 0 Å². The van der Waals surface area contributed by atoms with Gasteiger partial charge in [-0.25, -0.2) is 0 Å². The van der Waals surface area contributed by atoms with Crippen LogP contribution >= 0.6 is 0 Å². The Morgan fingerprint density at radius 1 is 1.56 bits per heavy atom. The minimum atomic E-state index is 0.813. The van der Waals surface area contributed by atoms with E-state index in [9.17, 15) is 4.79 Å². The summed E-state index contributed by atoms with van der Waals surface area (Å²) in [6, 6.07) is 0. The third kappa shape index (κ3) is 3.71. The number of hydrogen-bond acceptors (Lipinski definition) is 1. The van der Waals surface area contributed by atoms with Crippen LogP contribution in [0.4, 0.5) is 0 Å². The van der Waals surface area contributed by atoms with Gasteiger partial charge in [0.2, 0.25) is 0 Å². The van der Waals surface area contributed by atoms with E-state index >= 15 is 0 Å². The molecule has 0 aliphatic carbocycles. The van der Waals surface area contributed by atoms with Crippen LogP contribution in [0.5, 0.6) is 0 Å². The second-order valence-corrected chi connectivity index (χ2v) is 1.74. The Bertz CT molecular complexity index is 132. The molecule has 0 saturated carbocycles. The van der Waals surface area contributed by atoms with Crippen molar-refractivity contribution in [2.75, 3.05) is 0 Å². The Hall–Kier alpha value is -0.850. The van der Waals surface area contributed by atoms with E-state index in [1.54, 1.807) is 0 Å². The Kier molecular flexibility index (Phi) is 4.79. The van der Waals surface area contributed by atoms with Gasteiger partial charge in [0.05, 0.1) is 0 Å². The fourth-order valence-corrected chi connectivity index (χ4v) is 0.460. The molecule has 0 unspecified atom stereocenters. The summed E-state index contributed by atoms with van der Waals surface area (Å²) in [7, 11) is 0. The second kappa shape index (κ2) is 5.29. The zero-order valence-corrected chi connectivity index (χ0v) is 5.92. The summed E-state index contributed by atoms with van der Waals surface area (Å²) in [5, 5.41) is 0. The molecule has 0 rings (SSSR count). The number of carbonyl (C=O) groups is 1. The summed E-state index contributed by atoms with van der Waals surface area (Å²) in [6.07, 6.45) is 7.30. The van der Waals surface area contributed by atoms with Gasteiger partial charge < -0.3 is 0 Å². The van der Waals surface area contributed by atoms with Crippen LogP contribution in [0.1, 0.15) is 20.3 Å². The molecule has 0 bridgehead atoms. The topological polar surface area (TPSA) is 17.1 Å². The SMILES string of the molecule is CC=CC=C(C=O)CC. The standard InChI is InChI=1S/C8H12O/c1-3-5-6-8(4-2)7-9/h3,5-7H,4H2,1-2H3. The van der Waals surface area contributed by atoms with Crippen molar-refractivity contribution >= 4 is 6.29 Å². The van der Waals surface area contributed by atoms with Gasteiger partial charge in [-0.3, -0.25) is 4.79 Å². The van der Waals surface area contributed by atoms with Crippen molar-refractivity contribution < 1.29 is 4.79 Å². The Labute approximate surface area is 56.1 Å². The van der Waals surface area contributed by atoms with Crippen LogP contribution in [0.2, 0.25) is 0 Å². The lowest BCUT2D eigenvalue weighted by Crippen LogP contribution is -1.78. The van der Waals surface area contributed by atoms with Crippen LogP contribution in [0.15, 0.2) is 23.8 Å².